The molecule has 1 aromatic carbocycles. The molecule has 9 nitrogen and oxygen atoms in total. The van der Waals surface area contributed by atoms with E-state index in [0.717, 1.165) is 30.3 Å². The number of hydrogen-bond donors (Lipinski definition) is 2. The Bertz CT molecular complexity index is 1210. The summed E-state index contributed by atoms with van der Waals surface area (Å²) in [5.74, 6) is 1.46. The maximum atomic E-state index is 12.9. The molecule has 0 atom stereocenters. The summed E-state index contributed by atoms with van der Waals surface area (Å²) < 4.78 is 30.2. The second-order valence-electron chi connectivity index (χ2n) is 8.01. The van der Waals surface area contributed by atoms with E-state index in [2.05, 4.69) is 30.0 Å². The predicted molar refractivity (Wildman–Crippen MR) is 126 cm³/mol. The number of benzene rings is 1. The second kappa shape index (κ2) is 8.78. The Hall–Kier alpha value is -3.14. The van der Waals surface area contributed by atoms with Crippen molar-refractivity contribution >= 4 is 33.2 Å². The van der Waals surface area contributed by atoms with Gasteiger partial charge in [0.05, 0.1) is 11.4 Å². The van der Waals surface area contributed by atoms with Gasteiger partial charge in [0.1, 0.15) is 10.7 Å². The van der Waals surface area contributed by atoms with Gasteiger partial charge in [-0.1, -0.05) is 0 Å². The molecule has 1 aliphatic rings. The smallest absolute Gasteiger partial charge is 0.265 e. The average molecular weight is 456 g/mol. The first-order valence-corrected chi connectivity index (χ1v) is 12.3. The Kier molecular flexibility index (Phi) is 6.05. The van der Waals surface area contributed by atoms with Crippen molar-refractivity contribution in [3.8, 4) is 0 Å². The first kappa shape index (κ1) is 22.1. The molecule has 0 saturated carbocycles. The lowest BCUT2D eigenvalue weighted by atomic mass is 10.3. The van der Waals surface area contributed by atoms with E-state index in [0.29, 0.717) is 29.6 Å². The Balaban J connectivity index is 1.50. The Labute approximate surface area is 188 Å². The molecule has 1 aliphatic heterocycles. The number of nitrogens with zero attached hydrogens (tertiary/aromatic N) is 5. The SMILES string of the molecule is CCn1nc(C)c(S(=O)(=O)Nc2ccc(Nc3nc(C)cc(N4CCCC4)n3)cc2)c1C. The van der Waals surface area contributed by atoms with E-state index in [1.165, 1.54) is 12.8 Å². The molecule has 1 saturated heterocycles. The predicted octanol–water partition coefficient (Wildman–Crippen LogP) is 3.76. The van der Waals surface area contributed by atoms with Gasteiger partial charge in [-0.2, -0.15) is 10.1 Å². The molecular formula is C22H29N7O2S. The minimum Gasteiger partial charge on any atom is -0.356 e. The Morgan fingerprint density at radius 1 is 1.00 bits per heavy atom. The number of nitrogens with one attached hydrogen (secondary N) is 2. The van der Waals surface area contributed by atoms with Crippen LogP contribution in [-0.4, -0.2) is 41.3 Å². The lowest BCUT2D eigenvalue weighted by Gasteiger charge is -2.17. The highest BCUT2D eigenvalue weighted by Gasteiger charge is 2.24. The standard InChI is InChI=1S/C22H29N7O2S/c1-5-29-17(4)21(16(3)26-29)32(30,31)27-19-10-8-18(9-11-19)24-22-23-15(2)14-20(25-22)28-12-6-7-13-28/h8-11,14,27H,5-7,12-13H2,1-4H3,(H,23,24,25). The van der Waals surface area contributed by atoms with Crippen LogP contribution in [0.15, 0.2) is 35.2 Å². The fourth-order valence-corrected chi connectivity index (χ4v) is 5.52. The molecule has 0 aliphatic carbocycles. The van der Waals surface area contributed by atoms with Gasteiger partial charge in [0, 0.05) is 42.8 Å². The van der Waals surface area contributed by atoms with Crippen LogP contribution in [0.3, 0.4) is 0 Å². The third kappa shape index (κ3) is 4.55. The first-order valence-electron chi connectivity index (χ1n) is 10.8. The summed E-state index contributed by atoms with van der Waals surface area (Å²) in [4.78, 5) is 11.6. The fraction of sp³-hybridized carbons (Fsp3) is 0.409. The maximum Gasteiger partial charge on any atom is 0.265 e. The van der Waals surface area contributed by atoms with Crippen molar-refractivity contribution < 1.29 is 8.42 Å². The minimum atomic E-state index is -3.74. The van der Waals surface area contributed by atoms with Crippen molar-refractivity contribution in [3.05, 3.63) is 47.4 Å². The van der Waals surface area contributed by atoms with E-state index in [1.807, 2.05) is 19.9 Å². The number of anilines is 4. The van der Waals surface area contributed by atoms with Crippen LogP contribution >= 0.6 is 0 Å². The quantitative estimate of drug-likeness (QED) is 0.559. The first-order chi connectivity index (χ1) is 15.3. The molecule has 170 valence electrons. The Morgan fingerprint density at radius 2 is 1.66 bits per heavy atom. The van der Waals surface area contributed by atoms with Gasteiger partial charge in [-0.25, -0.2) is 13.4 Å². The molecule has 1 fully saturated rings. The minimum absolute atomic E-state index is 0.226. The van der Waals surface area contributed by atoms with Crippen molar-refractivity contribution in [2.24, 2.45) is 0 Å². The summed E-state index contributed by atoms with van der Waals surface area (Å²) in [6.07, 6.45) is 2.36. The van der Waals surface area contributed by atoms with Crippen LogP contribution < -0.4 is 14.9 Å². The van der Waals surface area contributed by atoms with Crippen molar-refractivity contribution in [3.63, 3.8) is 0 Å². The average Bonchev–Trinajstić information content (AvgIpc) is 3.37. The molecule has 3 aromatic rings. The number of aromatic nitrogens is 4. The molecule has 0 amide bonds. The van der Waals surface area contributed by atoms with Crippen LogP contribution in [0.4, 0.5) is 23.1 Å². The molecular weight excluding hydrogens is 426 g/mol. The molecule has 4 rings (SSSR count). The molecule has 3 heterocycles. The van der Waals surface area contributed by atoms with Gasteiger partial charge in [-0.3, -0.25) is 9.40 Å². The zero-order valence-electron chi connectivity index (χ0n) is 18.9. The van der Waals surface area contributed by atoms with Crippen LogP contribution in [0, 0.1) is 20.8 Å². The lowest BCUT2D eigenvalue weighted by molar-refractivity contribution is 0.598. The van der Waals surface area contributed by atoms with Gasteiger partial charge in [-0.05, 0) is 64.8 Å². The number of sulfonamides is 1. The fourth-order valence-electron chi connectivity index (χ4n) is 4.05. The van der Waals surface area contributed by atoms with Crippen LogP contribution in [0.25, 0.3) is 0 Å². The lowest BCUT2D eigenvalue weighted by Crippen LogP contribution is -2.19. The molecule has 0 spiro atoms. The van der Waals surface area contributed by atoms with E-state index in [4.69, 9.17) is 0 Å². The van der Waals surface area contributed by atoms with E-state index >= 15 is 0 Å². The molecule has 2 N–H and O–H groups in total. The van der Waals surface area contributed by atoms with E-state index in [1.54, 1.807) is 42.8 Å². The zero-order valence-corrected chi connectivity index (χ0v) is 19.7. The van der Waals surface area contributed by atoms with Gasteiger partial charge < -0.3 is 10.2 Å². The maximum absolute atomic E-state index is 12.9. The molecule has 0 radical (unpaired) electrons. The van der Waals surface area contributed by atoms with Crippen LogP contribution in [-0.2, 0) is 16.6 Å². The molecule has 0 unspecified atom stereocenters. The summed E-state index contributed by atoms with van der Waals surface area (Å²) >= 11 is 0. The van der Waals surface area contributed by atoms with Crippen molar-refractivity contribution in [2.75, 3.05) is 28.0 Å². The third-order valence-electron chi connectivity index (χ3n) is 5.55. The van der Waals surface area contributed by atoms with E-state index in [-0.39, 0.29) is 4.90 Å². The highest BCUT2D eigenvalue weighted by molar-refractivity contribution is 7.92. The summed E-state index contributed by atoms with van der Waals surface area (Å²) in [6, 6.07) is 9.03. The van der Waals surface area contributed by atoms with E-state index in [9.17, 15) is 8.42 Å². The van der Waals surface area contributed by atoms with E-state index < -0.39 is 10.0 Å². The van der Waals surface area contributed by atoms with Gasteiger partial charge in [0.2, 0.25) is 5.95 Å². The highest BCUT2D eigenvalue weighted by Crippen LogP contribution is 2.25. The van der Waals surface area contributed by atoms with Crippen molar-refractivity contribution in [2.45, 2.75) is 52.0 Å². The van der Waals surface area contributed by atoms with Gasteiger partial charge in [-0.15, -0.1) is 0 Å². The summed E-state index contributed by atoms with van der Waals surface area (Å²) in [5.41, 5.74) is 3.26. The topological polar surface area (TPSA) is 105 Å². The third-order valence-corrected chi connectivity index (χ3v) is 7.18. The van der Waals surface area contributed by atoms with Crippen LogP contribution in [0.5, 0.6) is 0 Å². The van der Waals surface area contributed by atoms with Gasteiger partial charge in [0.25, 0.3) is 10.0 Å². The molecule has 10 heteroatoms. The summed E-state index contributed by atoms with van der Waals surface area (Å²) in [7, 11) is -3.74. The number of hydrogen-bond acceptors (Lipinski definition) is 7. The van der Waals surface area contributed by atoms with Crippen LogP contribution in [0.1, 0.15) is 36.8 Å². The number of rotatable bonds is 7. The molecule has 0 bridgehead atoms. The Morgan fingerprint density at radius 3 is 2.28 bits per heavy atom. The monoisotopic (exact) mass is 455 g/mol. The second-order valence-corrected chi connectivity index (χ2v) is 9.63. The largest absolute Gasteiger partial charge is 0.356 e. The van der Waals surface area contributed by atoms with Crippen LogP contribution in [0.2, 0.25) is 0 Å². The molecule has 2 aromatic heterocycles. The van der Waals surface area contributed by atoms with Gasteiger partial charge in [0.15, 0.2) is 0 Å². The van der Waals surface area contributed by atoms with Crippen molar-refractivity contribution in [1.29, 1.82) is 0 Å². The zero-order chi connectivity index (χ0) is 22.9. The highest BCUT2D eigenvalue weighted by atomic mass is 32.2. The normalized spacial score (nSPS) is 14.1. The summed E-state index contributed by atoms with van der Waals surface area (Å²) in [6.45, 7) is 10.0. The molecule has 32 heavy (non-hydrogen) atoms. The van der Waals surface area contributed by atoms with Gasteiger partial charge >= 0.3 is 0 Å². The summed E-state index contributed by atoms with van der Waals surface area (Å²) in [5, 5.41) is 7.53. The van der Waals surface area contributed by atoms with Crippen molar-refractivity contribution in [1.82, 2.24) is 19.7 Å². The number of aryl methyl sites for hydroxylation is 3.